The third-order valence-corrected chi connectivity index (χ3v) is 12.2. The number of carbonyl (C=O) groups is 4. The first-order valence-corrected chi connectivity index (χ1v) is 22.3. The maximum absolute atomic E-state index is 14.2. The summed E-state index contributed by atoms with van der Waals surface area (Å²) in [6, 6.07) is 17.3. The molecule has 18 heteroatoms. The lowest BCUT2D eigenvalue weighted by Crippen LogP contribution is -2.56. The van der Waals surface area contributed by atoms with Gasteiger partial charge in [-0.15, -0.1) is 0 Å². The first-order valence-electron chi connectivity index (χ1n) is 22.3. The van der Waals surface area contributed by atoms with Gasteiger partial charge in [0.15, 0.2) is 5.84 Å². The quantitative estimate of drug-likeness (QED) is 0.0483. The number of likely N-dealkylation sites (tertiary alicyclic amines) is 1. The van der Waals surface area contributed by atoms with Gasteiger partial charge < -0.3 is 40.4 Å². The average molecular weight is 902 g/mol. The standard InChI is InChI=1S/C48H60BN9O8/c1-8-53-45(63)42(51)58(41(50)35-26-34(30(4)5)38(59)27-39(35)60)33-16-14-32(15-17-33)46(64)57-22-18-48(19-23-57)47(6,7)65-49(66-48)40(24-29(2)3)56-43(61)36(25-31-12-10-9-11-13-31)55-44(62)37-28-52-20-21-54-37/h9-17,20-21,26-30,36,40,50-51,59-60H,8,18-19,22-25H2,1-7H3,(H,53,63)(H,55,62)(H,56,61). The fourth-order valence-corrected chi connectivity index (χ4v) is 8.50. The summed E-state index contributed by atoms with van der Waals surface area (Å²) in [5, 5.41) is 47.7. The normalized spacial score (nSPS) is 16.1. The largest absolute Gasteiger partial charge is 0.508 e. The van der Waals surface area contributed by atoms with Crippen molar-refractivity contribution in [2.45, 2.75) is 103 Å². The number of aromatic hydroxyl groups is 2. The highest BCUT2D eigenvalue weighted by Crippen LogP contribution is 2.46. The van der Waals surface area contributed by atoms with Gasteiger partial charge in [-0.25, -0.2) is 4.98 Å². The topological polar surface area (TPSA) is 243 Å². The highest BCUT2D eigenvalue weighted by molar-refractivity contribution is 6.48. The van der Waals surface area contributed by atoms with E-state index in [1.165, 1.54) is 36.8 Å². The molecule has 0 radical (unpaired) electrons. The molecule has 3 heterocycles. The van der Waals surface area contributed by atoms with Crippen molar-refractivity contribution in [3.05, 3.63) is 113 Å². The Labute approximate surface area is 385 Å². The molecule has 4 aromatic rings. The molecule has 2 aliphatic rings. The number of phenolic OH excluding ortho intramolecular Hbond substituents is 2. The Morgan fingerprint density at radius 2 is 1.59 bits per heavy atom. The van der Waals surface area contributed by atoms with Gasteiger partial charge in [-0.2, -0.15) is 0 Å². The van der Waals surface area contributed by atoms with Crippen LogP contribution in [-0.4, -0.2) is 110 Å². The number of hydrogen-bond donors (Lipinski definition) is 7. The van der Waals surface area contributed by atoms with Gasteiger partial charge in [-0.05, 0) is 93.3 Å². The van der Waals surface area contributed by atoms with E-state index in [2.05, 4.69) is 25.9 Å². The summed E-state index contributed by atoms with van der Waals surface area (Å²) in [7, 11) is -0.825. The van der Waals surface area contributed by atoms with Crippen LogP contribution in [0.1, 0.15) is 111 Å². The number of rotatable bonds is 14. The molecule has 4 amide bonds. The van der Waals surface area contributed by atoms with E-state index in [1.54, 1.807) is 24.0 Å². The minimum absolute atomic E-state index is 0.00411. The number of amidine groups is 2. The van der Waals surface area contributed by atoms with Gasteiger partial charge in [0.05, 0.1) is 28.9 Å². The molecule has 0 saturated carbocycles. The number of phenols is 2. The predicted octanol–water partition coefficient (Wildman–Crippen LogP) is 5.36. The van der Waals surface area contributed by atoms with Gasteiger partial charge in [-0.1, -0.05) is 58.0 Å². The number of likely N-dealkylation sites (N-methyl/N-ethyl adjacent to an activating group) is 1. The Hall–Kier alpha value is -6.66. The van der Waals surface area contributed by atoms with Crippen LogP contribution in [0.5, 0.6) is 11.5 Å². The molecule has 2 saturated heterocycles. The zero-order chi connectivity index (χ0) is 47.9. The first-order chi connectivity index (χ1) is 31.3. The van der Waals surface area contributed by atoms with Crippen molar-refractivity contribution < 1.29 is 38.7 Å². The monoisotopic (exact) mass is 901 g/mol. The van der Waals surface area contributed by atoms with E-state index in [9.17, 15) is 29.4 Å². The van der Waals surface area contributed by atoms with E-state index < -0.39 is 59.6 Å². The number of anilines is 1. The van der Waals surface area contributed by atoms with Crippen molar-refractivity contribution in [1.29, 1.82) is 10.8 Å². The molecule has 1 spiro atoms. The Morgan fingerprint density at radius 1 is 0.909 bits per heavy atom. The highest BCUT2D eigenvalue weighted by atomic mass is 16.7. The lowest BCUT2D eigenvalue weighted by Gasteiger charge is -2.45. The molecule has 1 aromatic heterocycles. The van der Waals surface area contributed by atoms with Crippen molar-refractivity contribution in [2.75, 3.05) is 24.5 Å². The second-order valence-corrected chi connectivity index (χ2v) is 18.0. The van der Waals surface area contributed by atoms with Crippen LogP contribution in [0.15, 0.2) is 85.3 Å². The Balaban J connectivity index is 1.16. The second kappa shape index (κ2) is 20.7. The number of hydrogen-bond acceptors (Lipinski definition) is 12. The minimum atomic E-state index is -0.947. The maximum atomic E-state index is 14.2. The van der Waals surface area contributed by atoms with Crippen molar-refractivity contribution in [3.63, 3.8) is 0 Å². The van der Waals surface area contributed by atoms with Gasteiger partial charge >= 0.3 is 7.12 Å². The zero-order valence-electron chi connectivity index (χ0n) is 38.6. The van der Waals surface area contributed by atoms with E-state index >= 15 is 0 Å². The second-order valence-electron chi connectivity index (χ2n) is 18.0. The van der Waals surface area contributed by atoms with Crippen LogP contribution in [0.4, 0.5) is 5.69 Å². The average Bonchev–Trinajstić information content (AvgIpc) is 3.54. The molecule has 2 unspecified atom stereocenters. The third kappa shape index (κ3) is 10.9. The van der Waals surface area contributed by atoms with Crippen LogP contribution < -0.4 is 20.9 Å². The first kappa shape index (κ1) is 48.8. The van der Waals surface area contributed by atoms with E-state index in [0.29, 0.717) is 43.5 Å². The molecular formula is C48H60BN9O8. The van der Waals surface area contributed by atoms with Gasteiger partial charge in [0.25, 0.3) is 17.7 Å². The summed E-state index contributed by atoms with van der Waals surface area (Å²) in [5.41, 5.74) is 0.399. The van der Waals surface area contributed by atoms with Gasteiger partial charge in [0, 0.05) is 55.8 Å². The summed E-state index contributed by atoms with van der Waals surface area (Å²) < 4.78 is 13.5. The summed E-state index contributed by atoms with van der Waals surface area (Å²) in [6.45, 7) is 14.3. The highest BCUT2D eigenvalue weighted by Gasteiger charge is 2.60. The summed E-state index contributed by atoms with van der Waals surface area (Å²) >= 11 is 0. The number of aromatic nitrogens is 2. The zero-order valence-corrected chi connectivity index (χ0v) is 38.6. The van der Waals surface area contributed by atoms with Crippen molar-refractivity contribution in [3.8, 4) is 11.5 Å². The Morgan fingerprint density at radius 3 is 2.20 bits per heavy atom. The number of nitrogens with zero attached hydrogens (tertiary/aromatic N) is 4. The number of carbonyl (C=O) groups excluding carboxylic acids is 4. The van der Waals surface area contributed by atoms with Crippen molar-refractivity contribution in [1.82, 2.24) is 30.8 Å². The fraction of sp³-hybridized carbons (Fsp3) is 0.417. The van der Waals surface area contributed by atoms with Crippen LogP contribution in [0.3, 0.4) is 0 Å². The Bertz CT molecular complexity index is 2410. The summed E-state index contributed by atoms with van der Waals surface area (Å²) in [5.74, 6) is -4.01. The SMILES string of the molecule is CCNC(=O)C(=N)N(C(=N)c1cc(C(C)C)c(O)cc1O)c1ccc(C(=O)N2CCC3(CC2)OB(C(CC(C)C)NC(=O)C(Cc2ccccc2)NC(=O)c2cnccn2)OC3(C)C)cc1. The smallest absolute Gasteiger partial charge is 0.481 e. The molecule has 0 aliphatic carbocycles. The Kier molecular flexibility index (Phi) is 15.3. The molecule has 6 rings (SSSR count). The van der Waals surface area contributed by atoms with E-state index in [-0.39, 0.29) is 59.2 Å². The number of nitrogens with one attached hydrogen (secondary N) is 5. The molecule has 0 bridgehead atoms. The van der Waals surface area contributed by atoms with E-state index in [4.69, 9.17) is 20.1 Å². The number of piperidine rings is 1. The van der Waals surface area contributed by atoms with Gasteiger partial charge in [-0.3, -0.25) is 39.9 Å². The van der Waals surface area contributed by atoms with Gasteiger partial charge in [0.1, 0.15) is 29.1 Å². The third-order valence-electron chi connectivity index (χ3n) is 12.2. The maximum Gasteiger partial charge on any atom is 0.481 e. The van der Waals surface area contributed by atoms with Crippen LogP contribution in [0.25, 0.3) is 0 Å². The fourth-order valence-electron chi connectivity index (χ4n) is 8.50. The number of amides is 4. The van der Waals surface area contributed by atoms with Crippen LogP contribution in [0.2, 0.25) is 0 Å². The minimum Gasteiger partial charge on any atom is -0.508 e. The van der Waals surface area contributed by atoms with Crippen molar-refractivity contribution >= 4 is 48.1 Å². The van der Waals surface area contributed by atoms with E-state index in [0.717, 1.165) is 16.5 Å². The molecule has 66 heavy (non-hydrogen) atoms. The van der Waals surface area contributed by atoms with Crippen molar-refractivity contribution in [2.24, 2.45) is 5.92 Å². The molecular weight excluding hydrogens is 841 g/mol. The predicted molar refractivity (Wildman–Crippen MR) is 251 cm³/mol. The molecule has 348 valence electrons. The molecule has 2 atom stereocenters. The molecule has 7 N–H and O–H groups in total. The van der Waals surface area contributed by atoms with E-state index in [1.807, 2.05) is 71.9 Å². The molecule has 17 nitrogen and oxygen atoms in total. The lowest BCUT2D eigenvalue weighted by molar-refractivity contribution is -0.123. The summed E-state index contributed by atoms with van der Waals surface area (Å²) in [6.07, 6.45) is 5.85. The lowest BCUT2D eigenvalue weighted by atomic mass is 9.73. The molecule has 2 fully saturated rings. The van der Waals surface area contributed by atoms with Crippen LogP contribution in [0, 0.1) is 16.7 Å². The number of benzene rings is 3. The van der Waals surface area contributed by atoms with Crippen LogP contribution in [-0.2, 0) is 25.3 Å². The van der Waals surface area contributed by atoms with Crippen LogP contribution >= 0.6 is 0 Å². The van der Waals surface area contributed by atoms with Gasteiger partial charge in [0.2, 0.25) is 5.91 Å². The molecule has 2 aliphatic heterocycles. The summed E-state index contributed by atoms with van der Waals surface area (Å²) in [4.78, 5) is 65.3. The molecule has 3 aromatic carbocycles.